The molecule has 18 heavy (non-hydrogen) atoms. The number of nitrogens with two attached hydrogens (primary N) is 1. The molecule has 2 N–H and O–H groups in total. The van der Waals surface area contributed by atoms with E-state index in [2.05, 4.69) is 4.74 Å². The fourth-order valence-corrected chi connectivity index (χ4v) is 1.25. The van der Waals surface area contributed by atoms with Gasteiger partial charge >= 0.3 is 6.36 Å². The van der Waals surface area contributed by atoms with E-state index in [4.69, 9.17) is 20.7 Å². The lowest BCUT2D eigenvalue weighted by molar-refractivity contribution is -0.275. The minimum atomic E-state index is -4.98. The Bertz CT molecular complexity index is 547. The van der Waals surface area contributed by atoms with E-state index < -0.39 is 36.3 Å². The van der Waals surface area contributed by atoms with Crippen molar-refractivity contribution in [3.63, 3.8) is 0 Å². The number of aryl methyl sites for hydroxylation is 1. The SMILES string of the molecule is [2H]C([2H])(N)C([2H])([2H])c1cc(OC)c(OC(F)(F)F)cc1OC. The van der Waals surface area contributed by atoms with Crippen molar-refractivity contribution < 1.29 is 32.9 Å². The van der Waals surface area contributed by atoms with Crippen LogP contribution in [0.1, 0.15) is 11.0 Å². The Kier molecular flexibility index (Phi) is 3.01. The predicted molar refractivity (Wildman–Crippen MR) is 59.0 cm³/mol. The maximum Gasteiger partial charge on any atom is 0.573 e. The molecular weight excluding hydrogens is 251 g/mol. The Morgan fingerprint density at radius 3 is 2.22 bits per heavy atom. The van der Waals surface area contributed by atoms with E-state index in [0.717, 1.165) is 26.4 Å². The molecule has 0 aliphatic rings. The number of rotatable bonds is 5. The molecule has 0 radical (unpaired) electrons. The molecule has 1 aromatic carbocycles. The van der Waals surface area contributed by atoms with Crippen molar-refractivity contribution in [1.82, 2.24) is 0 Å². The third-order valence-electron chi connectivity index (χ3n) is 1.92. The monoisotopic (exact) mass is 269 g/mol. The lowest BCUT2D eigenvalue weighted by Gasteiger charge is -2.16. The van der Waals surface area contributed by atoms with E-state index in [0.29, 0.717) is 0 Å². The van der Waals surface area contributed by atoms with Crippen LogP contribution >= 0.6 is 0 Å². The molecule has 4 nitrogen and oxygen atoms in total. The number of ether oxygens (including phenoxy) is 3. The Balaban J connectivity index is 3.50. The fourth-order valence-electron chi connectivity index (χ4n) is 1.25. The zero-order chi connectivity index (χ0) is 17.3. The number of hydrogen-bond donors (Lipinski definition) is 1. The van der Waals surface area contributed by atoms with E-state index >= 15 is 0 Å². The van der Waals surface area contributed by atoms with Gasteiger partial charge in [0, 0.05) is 11.5 Å². The van der Waals surface area contributed by atoms with Gasteiger partial charge in [-0.25, -0.2) is 0 Å². The van der Waals surface area contributed by atoms with Crippen molar-refractivity contribution in [1.29, 1.82) is 0 Å². The summed E-state index contributed by atoms with van der Waals surface area (Å²) in [6.45, 7) is -2.81. The van der Waals surface area contributed by atoms with E-state index in [1.54, 1.807) is 0 Å². The van der Waals surface area contributed by atoms with Crippen molar-refractivity contribution in [3.05, 3.63) is 17.7 Å². The average Bonchev–Trinajstić information content (AvgIpc) is 2.34. The normalized spacial score (nSPS) is 16.1. The minimum absolute atomic E-state index is 0.362. The van der Waals surface area contributed by atoms with Crippen molar-refractivity contribution in [2.24, 2.45) is 5.73 Å². The van der Waals surface area contributed by atoms with Crippen LogP contribution in [0.25, 0.3) is 0 Å². The third kappa shape index (κ3) is 3.69. The third-order valence-corrected chi connectivity index (χ3v) is 1.92. The molecule has 0 heterocycles. The fraction of sp³-hybridized carbons (Fsp3) is 0.455. The molecule has 1 rings (SSSR count). The predicted octanol–water partition coefficient (Wildman–Crippen LogP) is 2.10. The summed E-state index contributed by atoms with van der Waals surface area (Å²) >= 11 is 0. The van der Waals surface area contributed by atoms with Gasteiger partial charge < -0.3 is 19.9 Å². The van der Waals surface area contributed by atoms with Crippen LogP contribution in [0.2, 0.25) is 0 Å². The molecule has 0 spiro atoms. The quantitative estimate of drug-likeness (QED) is 0.889. The van der Waals surface area contributed by atoms with E-state index in [9.17, 15) is 13.2 Å². The molecule has 0 fully saturated rings. The highest BCUT2D eigenvalue weighted by atomic mass is 19.4. The number of benzene rings is 1. The highest BCUT2D eigenvalue weighted by molar-refractivity contribution is 5.51. The van der Waals surface area contributed by atoms with Gasteiger partial charge in [0.15, 0.2) is 11.5 Å². The Labute approximate surface area is 108 Å². The summed E-state index contributed by atoms with van der Waals surface area (Å²) in [6.07, 6.45) is -7.73. The molecule has 0 aliphatic carbocycles. The highest BCUT2D eigenvalue weighted by Crippen LogP contribution is 2.37. The molecule has 0 aromatic heterocycles. The van der Waals surface area contributed by atoms with Gasteiger partial charge in [0.05, 0.1) is 14.2 Å². The average molecular weight is 269 g/mol. The summed E-state index contributed by atoms with van der Waals surface area (Å²) in [5, 5.41) is 0. The van der Waals surface area contributed by atoms with Gasteiger partial charge in [0.25, 0.3) is 0 Å². The molecule has 102 valence electrons. The molecule has 0 unspecified atom stereocenters. The molecular formula is C11H14F3NO3. The maximum absolute atomic E-state index is 12.3. The van der Waals surface area contributed by atoms with Crippen molar-refractivity contribution in [3.8, 4) is 17.2 Å². The van der Waals surface area contributed by atoms with E-state index in [1.165, 1.54) is 0 Å². The van der Waals surface area contributed by atoms with E-state index in [1.807, 2.05) is 0 Å². The van der Waals surface area contributed by atoms with Gasteiger partial charge in [0.1, 0.15) is 5.75 Å². The summed E-state index contributed by atoms with van der Waals surface area (Å²) in [6, 6.07) is 1.61. The van der Waals surface area contributed by atoms with Crippen LogP contribution in [0, 0.1) is 0 Å². The highest BCUT2D eigenvalue weighted by Gasteiger charge is 2.33. The summed E-state index contributed by atoms with van der Waals surface area (Å²) in [7, 11) is 2.15. The largest absolute Gasteiger partial charge is 0.573 e. The van der Waals surface area contributed by atoms with Crippen LogP contribution in [0.15, 0.2) is 12.1 Å². The summed E-state index contributed by atoms with van der Waals surface area (Å²) in [5.74, 6) is -1.55. The van der Waals surface area contributed by atoms with Crippen LogP contribution in [0.4, 0.5) is 13.2 Å². The van der Waals surface area contributed by atoms with Crippen molar-refractivity contribution in [2.45, 2.75) is 12.7 Å². The zero-order valence-electron chi connectivity index (χ0n) is 13.6. The van der Waals surface area contributed by atoms with Gasteiger partial charge in [-0.1, -0.05) is 0 Å². The van der Waals surface area contributed by atoms with Crippen LogP contribution in [-0.2, 0) is 6.37 Å². The van der Waals surface area contributed by atoms with Crippen molar-refractivity contribution >= 4 is 0 Å². The standard InChI is InChI=1S/C11H14F3NO3/c1-16-8-6-10(18-11(12,13)14)9(17-2)5-7(8)3-4-15/h5-6H,3-4,15H2,1-2H3/i3D2,4D2. The Morgan fingerprint density at radius 2 is 1.78 bits per heavy atom. The smallest absolute Gasteiger partial charge is 0.496 e. The van der Waals surface area contributed by atoms with Gasteiger partial charge in [-0.15, -0.1) is 13.2 Å². The Morgan fingerprint density at radius 1 is 1.17 bits per heavy atom. The van der Waals surface area contributed by atoms with Crippen LogP contribution in [0.5, 0.6) is 17.2 Å². The number of halogens is 3. The zero-order valence-corrected chi connectivity index (χ0v) is 9.59. The van der Waals surface area contributed by atoms with Gasteiger partial charge in [-0.2, -0.15) is 0 Å². The summed E-state index contributed by atoms with van der Waals surface area (Å²) in [4.78, 5) is 0. The first-order chi connectivity index (χ1) is 9.83. The molecule has 0 amide bonds. The lowest BCUT2D eigenvalue weighted by Crippen LogP contribution is -2.18. The number of hydrogen-bond acceptors (Lipinski definition) is 4. The van der Waals surface area contributed by atoms with Crippen LogP contribution < -0.4 is 19.9 Å². The van der Waals surface area contributed by atoms with Gasteiger partial charge in [-0.3, -0.25) is 0 Å². The first-order valence-corrected chi connectivity index (χ1v) is 4.64. The first kappa shape index (κ1) is 9.32. The van der Waals surface area contributed by atoms with Crippen molar-refractivity contribution in [2.75, 3.05) is 20.7 Å². The van der Waals surface area contributed by atoms with Gasteiger partial charge in [0.2, 0.25) is 0 Å². The second-order valence-corrected chi connectivity index (χ2v) is 3.02. The maximum atomic E-state index is 12.3. The second-order valence-electron chi connectivity index (χ2n) is 3.02. The molecule has 0 atom stereocenters. The summed E-state index contributed by atoms with van der Waals surface area (Å²) in [5.41, 5.74) is 4.74. The second kappa shape index (κ2) is 5.81. The molecule has 0 aliphatic heterocycles. The molecule has 0 saturated carbocycles. The van der Waals surface area contributed by atoms with Crippen LogP contribution in [0.3, 0.4) is 0 Å². The molecule has 7 heteroatoms. The topological polar surface area (TPSA) is 53.7 Å². The van der Waals surface area contributed by atoms with E-state index in [-0.39, 0.29) is 5.75 Å². The summed E-state index contributed by atoms with van der Waals surface area (Å²) < 4.78 is 80.5. The molecule has 1 aromatic rings. The Hall–Kier alpha value is -1.63. The molecule has 0 bridgehead atoms. The molecule has 0 saturated heterocycles. The van der Waals surface area contributed by atoms with Gasteiger partial charge in [-0.05, 0) is 24.5 Å². The first-order valence-electron chi connectivity index (χ1n) is 6.64. The number of alkyl halides is 3. The van der Waals surface area contributed by atoms with Crippen LogP contribution in [-0.4, -0.2) is 27.1 Å². The number of methoxy groups -OCH3 is 2. The minimum Gasteiger partial charge on any atom is -0.496 e. The lowest BCUT2D eigenvalue weighted by atomic mass is 10.1.